The molecule has 0 saturated carbocycles. The zero-order chi connectivity index (χ0) is 19.1. The van der Waals surface area contributed by atoms with Crippen LogP contribution in [-0.4, -0.2) is 34.6 Å². The molecule has 0 bridgehead atoms. The first-order valence-electron chi connectivity index (χ1n) is 9.05. The highest BCUT2D eigenvalue weighted by molar-refractivity contribution is 7.20. The minimum atomic E-state index is 0.655. The lowest BCUT2D eigenvalue weighted by Gasteiger charge is -2.02. The van der Waals surface area contributed by atoms with E-state index in [0.717, 1.165) is 50.3 Å². The Morgan fingerprint density at radius 3 is 2.93 bits per heavy atom. The normalized spacial score (nSPS) is 11.5. The van der Waals surface area contributed by atoms with Crippen LogP contribution < -0.4 is 5.32 Å². The van der Waals surface area contributed by atoms with E-state index in [4.69, 9.17) is 0 Å². The third-order valence-corrected chi connectivity index (χ3v) is 5.41. The molecule has 4 aromatic heterocycles. The molecule has 5 rings (SSSR count). The van der Waals surface area contributed by atoms with Gasteiger partial charge in [0.15, 0.2) is 5.82 Å². The van der Waals surface area contributed by atoms with E-state index in [1.807, 2.05) is 29.9 Å². The van der Waals surface area contributed by atoms with E-state index in [-0.39, 0.29) is 0 Å². The number of nitrogens with zero attached hydrogens (tertiary/aromatic N) is 7. The summed E-state index contributed by atoms with van der Waals surface area (Å²) in [4.78, 5) is 5.13. The first kappa shape index (κ1) is 16.8. The molecule has 0 atom stereocenters. The second-order valence-corrected chi connectivity index (χ2v) is 7.49. The molecule has 5 aromatic rings. The number of hydrogen-bond donors (Lipinski definition) is 1. The van der Waals surface area contributed by atoms with Crippen LogP contribution in [0.15, 0.2) is 42.7 Å². The van der Waals surface area contributed by atoms with Gasteiger partial charge in [0.05, 0.1) is 16.9 Å². The number of aromatic nitrogens is 7. The van der Waals surface area contributed by atoms with Gasteiger partial charge in [0.1, 0.15) is 0 Å². The zero-order valence-corrected chi connectivity index (χ0v) is 16.3. The maximum Gasteiger partial charge on any atom is 0.236 e. The van der Waals surface area contributed by atoms with E-state index in [2.05, 4.69) is 55.8 Å². The average Bonchev–Trinajstić information content (AvgIpc) is 3.38. The molecule has 0 radical (unpaired) electrons. The molecule has 0 aliphatic heterocycles. The maximum atomic E-state index is 4.65. The molecular formula is C19H18N8S. The largest absolute Gasteiger partial charge is 0.327 e. The van der Waals surface area contributed by atoms with Gasteiger partial charge < -0.3 is 5.32 Å². The minimum absolute atomic E-state index is 0.655. The standard InChI is InChI=1S/C19H18N8S/c1-3-26-11-16(12(2)24-26)21-18-25-27-17(22-23-19(27)28-18)10-13-6-7-15-14(9-13)5-4-8-20-15/h4-9,11H,3,10H2,1-2H3,(H,21,25). The van der Waals surface area contributed by atoms with Gasteiger partial charge in [-0.1, -0.05) is 23.5 Å². The molecule has 0 aliphatic carbocycles. The van der Waals surface area contributed by atoms with Crippen LogP contribution in [0.5, 0.6) is 0 Å². The maximum absolute atomic E-state index is 4.65. The summed E-state index contributed by atoms with van der Waals surface area (Å²) >= 11 is 1.47. The van der Waals surface area contributed by atoms with Crippen molar-refractivity contribution in [1.29, 1.82) is 0 Å². The second-order valence-electron chi connectivity index (χ2n) is 6.53. The number of hydrogen-bond acceptors (Lipinski definition) is 7. The Hall–Kier alpha value is -3.33. The summed E-state index contributed by atoms with van der Waals surface area (Å²) in [6.45, 7) is 4.88. The van der Waals surface area contributed by atoms with Gasteiger partial charge in [0.2, 0.25) is 10.1 Å². The van der Waals surface area contributed by atoms with Gasteiger partial charge in [0, 0.05) is 30.7 Å². The van der Waals surface area contributed by atoms with Crippen LogP contribution in [0.2, 0.25) is 0 Å². The highest BCUT2D eigenvalue weighted by atomic mass is 32.1. The zero-order valence-electron chi connectivity index (χ0n) is 15.5. The summed E-state index contributed by atoms with van der Waals surface area (Å²) < 4.78 is 3.71. The van der Waals surface area contributed by atoms with Crippen LogP contribution in [-0.2, 0) is 13.0 Å². The molecule has 140 valence electrons. The smallest absolute Gasteiger partial charge is 0.236 e. The number of anilines is 2. The molecule has 9 heteroatoms. The number of rotatable bonds is 5. The Balaban J connectivity index is 1.43. The van der Waals surface area contributed by atoms with Crippen molar-refractivity contribution in [1.82, 2.24) is 34.6 Å². The molecule has 1 N–H and O–H groups in total. The van der Waals surface area contributed by atoms with Crippen molar-refractivity contribution in [2.24, 2.45) is 0 Å². The summed E-state index contributed by atoms with van der Waals surface area (Å²) in [5.74, 6) is 0.809. The van der Waals surface area contributed by atoms with Crippen LogP contribution in [0, 0.1) is 6.92 Å². The number of benzene rings is 1. The van der Waals surface area contributed by atoms with E-state index in [1.54, 1.807) is 10.7 Å². The molecule has 0 unspecified atom stereocenters. The summed E-state index contributed by atoms with van der Waals surface area (Å²) in [6, 6.07) is 10.3. The third kappa shape index (κ3) is 2.99. The summed E-state index contributed by atoms with van der Waals surface area (Å²) in [5.41, 5.74) is 4.03. The lowest BCUT2D eigenvalue weighted by Crippen LogP contribution is -1.99. The van der Waals surface area contributed by atoms with Crippen LogP contribution in [0.4, 0.5) is 10.8 Å². The van der Waals surface area contributed by atoms with E-state index >= 15 is 0 Å². The number of fused-ring (bicyclic) bond motifs is 2. The van der Waals surface area contributed by atoms with Crippen molar-refractivity contribution in [2.45, 2.75) is 26.8 Å². The van der Waals surface area contributed by atoms with E-state index in [0.29, 0.717) is 6.42 Å². The van der Waals surface area contributed by atoms with Crippen molar-refractivity contribution in [2.75, 3.05) is 5.32 Å². The topological polar surface area (TPSA) is 85.8 Å². The summed E-state index contributed by atoms with van der Waals surface area (Å²) in [6.07, 6.45) is 4.45. The van der Waals surface area contributed by atoms with Crippen LogP contribution in [0.25, 0.3) is 15.9 Å². The van der Waals surface area contributed by atoms with Gasteiger partial charge in [-0.25, -0.2) is 0 Å². The van der Waals surface area contributed by atoms with E-state index < -0.39 is 0 Å². The van der Waals surface area contributed by atoms with Gasteiger partial charge in [-0.15, -0.1) is 15.3 Å². The van der Waals surface area contributed by atoms with Crippen LogP contribution in [0.1, 0.15) is 24.0 Å². The third-order valence-electron chi connectivity index (χ3n) is 4.60. The number of aryl methyl sites for hydroxylation is 2. The first-order valence-corrected chi connectivity index (χ1v) is 9.87. The van der Waals surface area contributed by atoms with Crippen LogP contribution >= 0.6 is 11.3 Å². The SMILES string of the molecule is CCn1cc(Nc2nn3c(Cc4ccc5ncccc5c4)nnc3s2)c(C)n1. The fraction of sp³-hybridized carbons (Fsp3) is 0.211. The molecule has 0 saturated heterocycles. The quantitative estimate of drug-likeness (QED) is 0.494. The van der Waals surface area contributed by atoms with Gasteiger partial charge in [0.25, 0.3) is 0 Å². The van der Waals surface area contributed by atoms with Gasteiger partial charge in [-0.2, -0.15) is 9.61 Å². The molecule has 1 aromatic carbocycles. The molecule has 0 fully saturated rings. The van der Waals surface area contributed by atoms with E-state index in [1.165, 1.54) is 11.3 Å². The Morgan fingerprint density at radius 2 is 2.07 bits per heavy atom. The highest BCUT2D eigenvalue weighted by Gasteiger charge is 2.14. The molecule has 8 nitrogen and oxygen atoms in total. The van der Waals surface area contributed by atoms with Gasteiger partial charge in [-0.05, 0) is 37.6 Å². The molecule has 4 heterocycles. The monoisotopic (exact) mass is 390 g/mol. The van der Waals surface area contributed by atoms with Gasteiger partial charge >= 0.3 is 0 Å². The fourth-order valence-corrected chi connectivity index (χ4v) is 3.92. The van der Waals surface area contributed by atoms with Crippen molar-refractivity contribution in [3.8, 4) is 0 Å². The predicted molar refractivity (Wildman–Crippen MR) is 109 cm³/mol. The molecule has 0 aliphatic rings. The van der Waals surface area contributed by atoms with E-state index in [9.17, 15) is 0 Å². The Morgan fingerprint density at radius 1 is 1.14 bits per heavy atom. The highest BCUT2D eigenvalue weighted by Crippen LogP contribution is 2.25. The molecular weight excluding hydrogens is 372 g/mol. The molecule has 28 heavy (non-hydrogen) atoms. The van der Waals surface area contributed by atoms with Gasteiger partial charge in [-0.3, -0.25) is 9.67 Å². The lowest BCUT2D eigenvalue weighted by atomic mass is 10.1. The van der Waals surface area contributed by atoms with Crippen molar-refractivity contribution < 1.29 is 0 Å². The fourth-order valence-electron chi connectivity index (χ4n) is 3.15. The minimum Gasteiger partial charge on any atom is -0.327 e. The Kier molecular flexibility index (Phi) is 4.01. The number of pyridine rings is 1. The van der Waals surface area contributed by atoms with Crippen molar-refractivity contribution in [3.63, 3.8) is 0 Å². The Labute approximate surface area is 164 Å². The van der Waals surface area contributed by atoms with Crippen LogP contribution in [0.3, 0.4) is 0 Å². The summed E-state index contributed by atoms with van der Waals surface area (Å²) in [5, 5.41) is 22.9. The lowest BCUT2D eigenvalue weighted by molar-refractivity contribution is 0.653. The van der Waals surface area contributed by atoms with Crippen molar-refractivity contribution >= 4 is 38.0 Å². The Bertz CT molecular complexity index is 1280. The molecule has 0 amide bonds. The number of nitrogens with one attached hydrogen (secondary N) is 1. The average molecular weight is 390 g/mol. The first-order chi connectivity index (χ1) is 13.7. The summed E-state index contributed by atoms with van der Waals surface area (Å²) in [7, 11) is 0. The van der Waals surface area contributed by atoms with Crippen molar-refractivity contribution in [3.05, 3.63) is 59.8 Å². The predicted octanol–water partition coefficient (Wildman–Crippen LogP) is 3.59. The second kappa shape index (κ2) is 6.68. The molecule has 0 spiro atoms.